The summed E-state index contributed by atoms with van der Waals surface area (Å²) < 4.78 is 5.33. The number of carbonyl (C=O) groups excluding carboxylic acids is 1. The molecule has 0 fully saturated rings. The van der Waals surface area contributed by atoms with Crippen molar-refractivity contribution in [3.8, 4) is 5.75 Å². The summed E-state index contributed by atoms with van der Waals surface area (Å²) in [4.78, 5) is 20.0. The van der Waals surface area contributed by atoms with E-state index in [1.165, 1.54) is 0 Å². The first-order valence-corrected chi connectivity index (χ1v) is 6.21. The number of ether oxygens (including phenoxy) is 1. The Bertz CT molecular complexity index is 535. The van der Waals surface area contributed by atoms with Crippen molar-refractivity contribution in [2.24, 2.45) is 0 Å². The number of carbonyl (C=O) groups is 1. The fourth-order valence-corrected chi connectivity index (χ4v) is 1.74. The number of para-hydroxylation sites is 1. The monoisotopic (exact) mass is 244 g/mol. The maximum Gasteiger partial charge on any atom is 0.311 e. The quantitative estimate of drug-likeness (QED) is 0.460. The lowest BCUT2D eigenvalue weighted by atomic mass is 10.2. The summed E-state index contributed by atoms with van der Waals surface area (Å²) >= 11 is 0. The van der Waals surface area contributed by atoms with E-state index in [1.54, 1.807) is 18.5 Å². The number of hydrogen-bond acceptors (Lipinski definition) is 4. The average Bonchev–Trinajstić information content (AvgIpc) is 2.39. The highest BCUT2D eigenvalue weighted by molar-refractivity contribution is 5.84. The van der Waals surface area contributed by atoms with Crippen LogP contribution in [-0.4, -0.2) is 15.9 Å². The zero-order valence-corrected chi connectivity index (χ0v) is 10.4. The van der Waals surface area contributed by atoms with Gasteiger partial charge < -0.3 is 4.74 Å². The van der Waals surface area contributed by atoms with Crippen LogP contribution in [0.4, 0.5) is 0 Å². The lowest BCUT2D eigenvalue weighted by Gasteiger charge is -2.06. The molecule has 4 heteroatoms. The second kappa shape index (κ2) is 6.10. The molecule has 0 spiro atoms. The second-order valence-corrected chi connectivity index (χ2v) is 4.11. The molecule has 0 unspecified atom stereocenters. The smallest absolute Gasteiger partial charge is 0.311 e. The van der Waals surface area contributed by atoms with E-state index in [0.29, 0.717) is 17.7 Å². The molecule has 2 rings (SSSR count). The highest BCUT2D eigenvalue weighted by Crippen LogP contribution is 2.22. The lowest BCUT2D eigenvalue weighted by molar-refractivity contribution is -0.134. The normalized spacial score (nSPS) is 10.5. The number of aromatic nitrogens is 2. The molecular formula is C14H16N2O2. The van der Waals surface area contributed by atoms with E-state index in [4.69, 9.17) is 4.74 Å². The number of esters is 1. The Morgan fingerprint density at radius 2 is 2.06 bits per heavy atom. The summed E-state index contributed by atoms with van der Waals surface area (Å²) in [7, 11) is 0. The molecule has 0 atom stereocenters. The Hall–Kier alpha value is -1.97. The molecule has 1 aromatic heterocycles. The van der Waals surface area contributed by atoms with Crippen molar-refractivity contribution in [1.82, 2.24) is 9.97 Å². The first-order chi connectivity index (χ1) is 8.81. The van der Waals surface area contributed by atoms with Crippen LogP contribution in [0.3, 0.4) is 0 Å². The molecule has 94 valence electrons. The Morgan fingerprint density at radius 3 is 2.89 bits per heavy atom. The largest absolute Gasteiger partial charge is 0.424 e. The third kappa shape index (κ3) is 3.03. The molecule has 1 heterocycles. The highest BCUT2D eigenvalue weighted by atomic mass is 16.5. The maximum absolute atomic E-state index is 11.7. The van der Waals surface area contributed by atoms with Gasteiger partial charge in [-0.25, -0.2) is 4.98 Å². The van der Waals surface area contributed by atoms with Crippen molar-refractivity contribution < 1.29 is 9.53 Å². The third-order valence-corrected chi connectivity index (χ3v) is 2.67. The van der Waals surface area contributed by atoms with Gasteiger partial charge >= 0.3 is 5.97 Å². The summed E-state index contributed by atoms with van der Waals surface area (Å²) in [6.45, 7) is 2.10. The molecule has 18 heavy (non-hydrogen) atoms. The molecule has 0 aliphatic rings. The van der Waals surface area contributed by atoms with Gasteiger partial charge in [0.25, 0.3) is 0 Å². The Kier molecular flexibility index (Phi) is 4.23. The van der Waals surface area contributed by atoms with Crippen molar-refractivity contribution in [3.63, 3.8) is 0 Å². The van der Waals surface area contributed by atoms with E-state index in [1.807, 2.05) is 12.1 Å². The number of hydrogen-bond donors (Lipinski definition) is 0. The molecule has 0 saturated heterocycles. The maximum atomic E-state index is 11.7. The molecule has 0 radical (unpaired) electrons. The zero-order valence-electron chi connectivity index (χ0n) is 10.4. The molecule has 0 amide bonds. The second-order valence-electron chi connectivity index (χ2n) is 4.11. The minimum absolute atomic E-state index is 0.207. The van der Waals surface area contributed by atoms with Crippen molar-refractivity contribution in [2.45, 2.75) is 32.6 Å². The van der Waals surface area contributed by atoms with Gasteiger partial charge in [-0.3, -0.25) is 9.78 Å². The van der Waals surface area contributed by atoms with Gasteiger partial charge in [0, 0.05) is 18.8 Å². The van der Waals surface area contributed by atoms with Crippen LogP contribution in [0.15, 0.2) is 30.6 Å². The molecular weight excluding hydrogens is 228 g/mol. The predicted molar refractivity (Wildman–Crippen MR) is 69.3 cm³/mol. The fraction of sp³-hybridized carbons (Fsp3) is 0.357. The lowest BCUT2D eigenvalue weighted by Crippen LogP contribution is -2.08. The Balaban J connectivity index is 2.09. The first-order valence-electron chi connectivity index (χ1n) is 6.21. The number of unbranched alkanes of at least 4 members (excludes halogenated alkanes) is 2. The van der Waals surface area contributed by atoms with E-state index in [2.05, 4.69) is 16.9 Å². The van der Waals surface area contributed by atoms with Crippen LogP contribution in [0.2, 0.25) is 0 Å². The summed E-state index contributed by atoms with van der Waals surface area (Å²) in [6, 6.07) is 5.40. The van der Waals surface area contributed by atoms with Crippen molar-refractivity contribution in [2.75, 3.05) is 0 Å². The van der Waals surface area contributed by atoms with Crippen LogP contribution in [0.5, 0.6) is 5.75 Å². The van der Waals surface area contributed by atoms with E-state index >= 15 is 0 Å². The van der Waals surface area contributed by atoms with Gasteiger partial charge in [-0.05, 0) is 18.6 Å². The highest BCUT2D eigenvalue weighted by Gasteiger charge is 2.08. The van der Waals surface area contributed by atoms with Gasteiger partial charge in [0.2, 0.25) is 0 Å². The molecule has 0 N–H and O–H groups in total. The van der Waals surface area contributed by atoms with Crippen molar-refractivity contribution in [1.29, 1.82) is 0 Å². The van der Waals surface area contributed by atoms with Crippen molar-refractivity contribution >= 4 is 17.0 Å². The van der Waals surface area contributed by atoms with E-state index in [0.717, 1.165) is 24.8 Å². The van der Waals surface area contributed by atoms with Crippen molar-refractivity contribution in [3.05, 3.63) is 30.6 Å². The van der Waals surface area contributed by atoms with Gasteiger partial charge in [-0.2, -0.15) is 0 Å². The summed E-state index contributed by atoms with van der Waals surface area (Å²) in [5.41, 5.74) is 1.36. The molecule has 1 aromatic carbocycles. The molecule has 2 aromatic rings. The first kappa shape index (κ1) is 12.5. The van der Waals surface area contributed by atoms with Crippen LogP contribution < -0.4 is 4.74 Å². The van der Waals surface area contributed by atoms with Crippen LogP contribution >= 0.6 is 0 Å². The number of rotatable bonds is 5. The van der Waals surface area contributed by atoms with Gasteiger partial charge in [0.1, 0.15) is 5.52 Å². The third-order valence-electron chi connectivity index (χ3n) is 2.67. The van der Waals surface area contributed by atoms with Gasteiger partial charge in [0.15, 0.2) is 5.75 Å². The van der Waals surface area contributed by atoms with Gasteiger partial charge in [0.05, 0.1) is 5.52 Å². The van der Waals surface area contributed by atoms with E-state index < -0.39 is 0 Å². The summed E-state index contributed by atoms with van der Waals surface area (Å²) in [5, 5.41) is 0. The minimum atomic E-state index is -0.207. The van der Waals surface area contributed by atoms with E-state index in [9.17, 15) is 4.79 Å². The Morgan fingerprint density at radius 1 is 1.22 bits per heavy atom. The predicted octanol–water partition coefficient (Wildman–Crippen LogP) is 3.12. The Labute approximate surface area is 106 Å². The number of fused-ring (bicyclic) bond motifs is 1. The topological polar surface area (TPSA) is 52.1 Å². The molecule has 0 bridgehead atoms. The van der Waals surface area contributed by atoms with Crippen LogP contribution in [0, 0.1) is 0 Å². The van der Waals surface area contributed by atoms with Crippen LogP contribution in [0.25, 0.3) is 11.0 Å². The summed E-state index contributed by atoms with van der Waals surface area (Å²) in [5.74, 6) is 0.281. The van der Waals surface area contributed by atoms with E-state index in [-0.39, 0.29) is 5.97 Å². The van der Waals surface area contributed by atoms with Gasteiger partial charge in [-0.1, -0.05) is 25.8 Å². The molecule has 0 aliphatic carbocycles. The number of benzene rings is 1. The summed E-state index contributed by atoms with van der Waals surface area (Å²) in [6.07, 6.45) is 6.67. The van der Waals surface area contributed by atoms with Crippen LogP contribution in [-0.2, 0) is 4.79 Å². The molecule has 4 nitrogen and oxygen atoms in total. The number of nitrogens with zero attached hydrogens (tertiary/aromatic N) is 2. The standard InChI is InChI=1S/C14H16N2O2/c1-2-3-4-8-13(17)18-12-7-5-6-11-14(12)16-10-9-15-11/h5-7,9-10H,2-4,8H2,1H3. The fourth-order valence-electron chi connectivity index (χ4n) is 1.74. The van der Waals surface area contributed by atoms with Crippen LogP contribution in [0.1, 0.15) is 32.6 Å². The average molecular weight is 244 g/mol. The molecule has 0 saturated carbocycles. The minimum Gasteiger partial charge on any atom is -0.424 e. The van der Waals surface area contributed by atoms with Gasteiger partial charge in [-0.15, -0.1) is 0 Å². The zero-order chi connectivity index (χ0) is 12.8. The SMILES string of the molecule is CCCCCC(=O)Oc1cccc2nccnc12. The molecule has 0 aliphatic heterocycles.